The Morgan fingerprint density at radius 1 is 1.29 bits per heavy atom. The van der Waals surface area contributed by atoms with E-state index in [2.05, 4.69) is 19.7 Å². The molecule has 2 aromatic rings. The molecule has 110 valence electrons. The minimum absolute atomic E-state index is 0.251. The Labute approximate surface area is 126 Å². The van der Waals surface area contributed by atoms with Gasteiger partial charge in [-0.1, -0.05) is 6.42 Å². The number of fused-ring (bicyclic) bond motifs is 1. The van der Waals surface area contributed by atoms with Crippen molar-refractivity contribution in [3.05, 3.63) is 29.2 Å². The largest absolute Gasteiger partial charge is 0.478 e. The number of aryl methyl sites for hydroxylation is 2. The second-order valence-corrected chi connectivity index (χ2v) is 6.09. The van der Waals surface area contributed by atoms with Crippen LogP contribution < -0.4 is 0 Å². The Hall–Kier alpha value is -1.89. The summed E-state index contributed by atoms with van der Waals surface area (Å²) in [6.07, 6.45) is 4.43. The molecule has 21 heavy (non-hydrogen) atoms. The lowest BCUT2D eigenvalue weighted by Gasteiger charge is -2.07. The molecule has 1 N–H and O–H groups in total. The molecule has 0 bridgehead atoms. The fourth-order valence-electron chi connectivity index (χ4n) is 2.44. The lowest BCUT2D eigenvalue weighted by atomic mass is 10.2. The molecule has 7 heteroatoms. The maximum absolute atomic E-state index is 11.1. The zero-order chi connectivity index (χ0) is 14.8. The molecule has 0 aliphatic carbocycles. The average Bonchev–Trinajstić information content (AvgIpc) is 2.68. The van der Waals surface area contributed by atoms with Crippen LogP contribution in [0.15, 0.2) is 22.3 Å². The minimum atomic E-state index is -0.942. The van der Waals surface area contributed by atoms with Gasteiger partial charge >= 0.3 is 5.97 Å². The van der Waals surface area contributed by atoms with E-state index in [4.69, 9.17) is 5.11 Å². The molecule has 0 saturated carbocycles. The molecule has 3 heterocycles. The van der Waals surface area contributed by atoms with Gasteiger partial charge in [-0.3, -0.25) is 0 Å². The number of nitrogens with zero attached hydrogens (tertiary/aromatic N) is 4. The van der Waals surface area contributed by atoms with Crippen molar-refractivity contribution in [3.8, 4) is 0 Å². The number of hydrogen-bond acceptors (Lipinski definition) is 5. The molecule has 0 aromatic carbocycles. The first kappa shape index (κ1) is 14.1. The summed E-state index contributed by atoms with van der Waals surface area (Å²) in [7, 11) is 0. The van der Waals surface area contributed by atoms with E-state index >= 15 is 0 Å². The predicted octanol–water partition coefficient (Wildman–Crippen LogP) is 2.56. The quantitative estimate of drug-likeness (QED) is 0.938. The second kappa shape index (κ2) is 5.85. The first-order chi connectivity index (χ1) is 10.1. The molecule has 3 rings (SSSR count). The molecular weight excluding hydrogens is 288 g/mol. The average molecular weight is 304 g/mol. The summed E-state index contributed by atoms with van der Waals surface area (Å²) in [6, 6.07) is 3.15. The van der Waals surface area contributed by atoms with Gasteiger partial charge in [-0.15, -0.1) is 10.2 Å². The molecular formula is C14H16N4O2S. The van der Waals surface area contributed by atoms with Crippen molar-refractivity contribution >= 4 is 17.7 Å². The van der Waals surface area contributed by atoms with E-state index in [0.29, 0.717) is 10.7 Å². The Morgan fingerprint density at radius 3 is 2.95 bits per heavy atom. The number of aromatic carboxylic acids is 1. The van der Waals surface area contributed by atoms with Crippen LogP contribution in [0.1, 0.15) is 41.1 Å². The van der Waals surface area contributed by atoms with E-state index in [1.54, 1.807) is 19.1 Å². The number of aromatic nitrogens is 4. The highest BCUT2D eigenvalue weighted by Gasteiger charge is 2.17. The first-order valence-electron chi connectivity index (χ1n) is 6.95. The standard InChI is InChI=1S/C14H16N4O2S/c1-9-7-10(13(19)20)8-12(15-9)21-14-17-16-11-5-3-2-4-6-18(11)14/h7-8H,2-6H2,1H3,(H,19,20). The highest BCUT2D eigenvalue weighted by Crippen LogP contribution is 2.28. The monoisotopic (exact) mass is 304 g/mol. The van der Waals surface area contributed by atoms with Gasteiger partial charge < -0.3 is 9.67 Å². The minimum Gasteiger partial charge on any atom is -0.478 e. The smallest absolute Gasteiger partial charge is 0.335 e. The van der Waals surface area contributed by atoms with Crippen LogP contribution in [0.2, 0.25) is 0 Å². The maximum atomic E-state index is 11.1. The van der Waals surface area contributed by atoms with Gasteiger partial charge in [0.2, 0.25) is 0 Å². The van der Waals surface area contributed by atoms with E-state index in [1.807, 2.05) is 0 Å². The topological polar surface area (TPSA) is 80.9 Å². The van der Waals surface area contributed by atoms with Crippen LogP contribution in [0.4, 0.5) is 0 Å². The third-order valence-corrected chi connectivity index (χ3v) is 4.35. The predicted molar refractivity (Wildman–Crippen MR) is 77.6 cm³/mol. The first-order valence-corrected chi connectivity index (χ1v) is 7.77. The van der Waals surface area contributed by atoms with Gasteiger partial charge in [-0.25, -0.2) is 9.78 Å². The molecule has 0 saturated heterocycles. The highest BCUT2D eigenvalue weighted by molar-refractivity contribution is 7.99. The number of hydrogen-bond donors (Lipinski definition) is 1. The van der Waals surface area contributed by atoms with Gasteiger partial charge in [0, 0.05) is 18.7 Å². The molecule has 0 unspecified atom stereocenters. The lowest BCUT2D eigenvalue weighted by Crippen LogP contribution is -2.03. The lowest BCUT2D eigenvalue weighted by molar-refractivity contribution is 0.0696. The Kier molecular flexibility index (Phi) is 3.92. The molecule has 0 amide bonds. The summed E-state index contributed by atoms with van der Waals surface area (Å²) in [5.74, 6) is 0.0727. The summed E-state index contributed by atoms with van der Waals surface area (Å²) in [5, 5.41) is 19.0. The summed E-state index contributed by atoms with van der Waals surface area (Å²) in [6.45, 7) is 2.71. The van der Waals surface area contributed by atoms with Crippen LogP contribution in [0.5, 0.6) is 0 Å². The van der Waals surface area contributed by atoms with E-state index in [-0.39, 0.29) is 5.56 Å². The van der Waals surface area contributed by atoms with Crippen molar-refractivity contribution in [3.63, 3.8) is 0 Å². The zero-order valence-electron chi connectivity index (χ0n) is 11.7. The molecule has 6 nitrogen and oxygen atoms in total. The summed E-state index contributed by atoms with van der Waals surface area (Å²) >= 11 is 1.38. The molecule has 2 aromatic heterocycles. The zero-order valence-corrected chi connectivity index (χ0v) is 12.6. The molecule has 0 radical (unpaired) electrons. The number of pyridine rings is 1. The van der Waals surface area contributed by atoms with Gasteiger partial charge in [0.1, 0.15) is 10.9 Å². The Morgan fingerprint density at radius 2 is 2.14 bits per heavy atom. The van der Waals surface area contributed by atoms with Gasteiger partial charge in [-0.2, -0.15) is 0 Å². The van der Waals surface area contributed by atoms with Crippen LogP contribution >= 0.6 is 11.8 Å². The Balaban J connectivity index is 1.90. The highest BCUT2D eigenvalue weighted by atomic mass is 32.2. The second-order valence-electron chi connectivity index (χ2n) is 5.10. The van der Waals surface area contributed by atoms with E-state index in [1.165, 1.54) is 18.2 Å². The summed E-state index contributed by atoms with van der Waals surface area (Å²) in [4.78, 5) is 15.5. The Bertz CT molecular complexity index is 684. The van der Waals surface area contributed by atoms with Crippen LogP contribution in [-0.4, -0.2) is 30.8 Å². The maximum Gasteiger partial charge on any atom is 0.335 e. The van der Waals surface area contributed by atoms with Crippen molar-refractivity contribution in [2.24, 2.45) is 0 Å². The molecule has 1 aliphatic rings. The van der Waals surface area contributed by atoms with Crippen molar-refractivity contribution in [2.45, 2.75) is 49.3 Å². The number of carboxylic acid groups (broad SMARTS) is 1. The third-order valence-electron chi connectivity index (χ3n) is 3.45. The van der Waals surface area contributed by atoms with Gasteiger partial charge in [0.25, 0.3) is 0 Å². The molecule has 1 aliphatic heterocycles. The van der Waals surface area contributed by atoms with Crippen LogP contribution in [0, 0.1) is 6.92 Å². The number of carboxylic acids is 1. The van der Waals surface area contributed by atoms with Gasteiger partial charge in [-0.05, 0) is 43.7 Å². The van der Waals surface area contributed by atoms with Crippen LogP contribution in [-0.2, 0) is 13.0 Å². The van der Waals surface area contributed by atoms with Crippen molar-refractivity contribution in [1.29, 1.82) is 0 Å². The van der Waals surface area contributed by atoms with E-state index in [0.717, 1.165) is 36.8 Å². The molecule has 0 fully saturated rings. The third kappa shape index (κ3) is 3.07. The van der Waals surface area contributed by atoms with Gasteiger partial charge in [0.05, 0.1) is 5.56 Å². The SMILES string of the molecule is Cc1cc(C(=O)O)cc(Sc2nnc3n2CCCCC3)n1. The van der Waals surface area contributed by atoms with Gasteiger partial charge in [0.15, 0.2) is 5.16 Å². The number of rotatable bonds is 3. The van der Waals surface area contributed by atoms with E-state index < -0.39 is 5.97 Å². The van der Waals surface area contributed by atoms with Crippen molar-refractivity contribution in [2.75, 3.05) is 0 Å². The number of carbonyl (C=O) groups is 1. The van der Waals surface area contributed by atoms with E-state index in [9.17, 15) is 4.79 Å². The van der Waals surface area contributed by atoms with Crippen molar-refractivity contribution < 1.29 is 9.90 Å². The molecule has 0 atom stereocenters. The fraction of sp³-hybridized carbons (Fsp3) is 0.429. The normalized spacial score (nSPS) is 14.5. The van der Waals surface area contributed by atoms with Crippen LogP contribution in [0.3, 0.4) is 0 Å². The van der Waals surface area contributed by atoms with Crippen LogP contribution in [0.25, 0.3) is 0 Å². The fourth-order valence-corrected chi connectivity index (χ4v) is 3.39. The van der Waals surface area contributed by atoms with Crippen molar-refractivity contribution in [1.82, 2.24) is 19.7 Å². The molecule has 0 spiro atoms. The summed E-state index contributed by atoms with van der Waals surface area (Å²) < 4.78 is 2.13. The summed E-state index contributed by atoms with van der Waals surface area (Å²) in [5.41, 5.74) is 0.939.